The number of aromatic nitrogens is 2. The average Bonchev–Trinajstić information content (AvgIpc) is 3.03. The fraction of sp³-hybridized carbons (Fsp3) is 0.471. The predicted molar refractivity (Wildman–Crippen MR) is 86.9 cm³/mol. The van der Waals surface area contributed by atoms with Gasteiger partial charge in [0.15, 0.2) is 0 Å². The van der Waals surface area contributed by atoms with Crippen LogP contribution in [0.3, 0.4) is 0 Å². The van der Waals surface area contributed by atoms with Gasteiger partial charge in [0.05, 0.1) is 18.0 Å². The number of benzene rings is 1. The minimum Gasteiger partial charge on any atom is -0.407 e. The molecule has 3 rings (SSSR count). The maximum Gasteiger partial charge on any atom is 0.318 e. The number of nitriles is 1. The highest BCUT2D eigenvalue weighted by Gasteiger charge is 2.37. The first-order chi connectivity index (χ1) is 11.1. The molecule has 0 unspecified atom stereocenters. The van der Waals surface area contributed by atoms with Crippen molar-refractivity contribution in [2.75, 3.05) is 32.1 Å². The highest BCUT2D eigenvalue weighted by atomic mass is 16.4. The Morgan fingerprint density at radius 2 is 1.91 bits per heavy atom. The van der Waals surface area contributed by atoms with Crippen LogP contribution in [0.4, 0.5) is 6.01 Å². The molecule has 0 amide bonds. The third-order valence-electron chi connectivity index (χ3n) is 4.34. The van der Waals surface area contributed by atoms with E-state index in [4.69, 9.17) is 4.42 Å². The normalized spacial score (nSPS) is 17.2. The molecule has 0 aliphatic carbocycles. The van der Waals surface area contributed by atoms with Gasteiger partial charge in [-0.25, -0.2) is 0 Å². The van der Waals surface area contributed by atoms with E-state index in [1.54, 1.807) is 0 Å². The Hall–Kier alpha value is -2.39. The summed E-state index contributed by atoms with van der Waals surface area (Å²) in [5.41, 5.74) is 0.686. The first-order valence-corrected chi connectivity index (χ1v) is 7.82. The zero-order valence-electron chi connectivity index (χ0n) is 13.6. The van der Waals surface area contributed by atoms with Crippen LogP contribution in [0.2, 0.25) is 0 Å². The zero-order valence-corrected chi connectivity index (χ0v) is 13.6. The molecule has 1 aromatic heterocycles. The van der Waals surface area contributed by atoms with E-state index in [2.05, 4.69) is 21.2 Å². The van der Waals surface area contributed by atoms with Crippen molar-refractivity contribution >= 4 is 6.01 Å². The van der Waals surface area contributed by atoms with Crippen molar-refractivity contribution in [3.8, 4) is 6.07 Å². The van der Waals surface area contributed by atoms with Gasteiger partial charge in [-0.05, 0) is 32.5 Å². The van der Waals surface area contributed by atoms with E-state index in [0.717, 1.165) is 31.5 Å². The van der Waals surface area contributed by atoms with E-state index in [-0.39, 0.29) is 0 Å². The summed E-state index contributed by atoms with van der Waals surface area (Å²) in [4.78, 5) is 4.06. The maximum atomic E-state index is 9.73. The Bertz CT molecular complexity index is 681. The Morgan fingerprint density at radius 3 is 2.52 bits per heavy atom. The van der Waals surface area contributed by atoms with Crippen LogP contribution in [0.25, 0.3) is 0 Å². The number of nitrogens with zero attached hydrogens (tertiary/aromatic N) is 5. The topological polar surface area (TPSA) is 69.2 Å². The minimum atomic E-state index is -0.412. The van der Waals surface area contributed by atoms with Crippen LogP contribution < -0.4 is 4.90 Å². The molecule has 0 bridgehead atoms. The number of hydrogen-bond acceptors (Lipinski definition) is 6. The van der Waals surface area contributed by atoms with Gasteiger partial charge in [-0.15, -0.1) is 5.10 Å². The first-order valence-electron chi connectivity index (χ1n) is 7.82. The smallest absolute Gasteiger partial charge is 0.318 e. The molecule has 120 valence electrons. The van der Waals surface area contributed by atoms with Gasteiger partial charge in [-0.1, -0.05) is 35.4 Å². The second-order valence-corrected chi connectivity index (χ2v) is 6.26. The van der Waals surface area contributed by atoms with Gasteiger partial charge in [0, 0.05) is 13.1 Å². The Labute approximate surface area is 136 Å². The van der Waals surface area contributed by atoms with Gasteiger partial charge in [-0.2, -0.15) is 5.26 Å². The molecule has 6 nitrogen and oxygen atoms in total. The van der Waals surface area contributed by atoms with Gasteiger partial charge < -0.3 is 14.2 Å². The molecule has 0 N–H and O–H groups in total. The lowest BCUT2D eigenvalue weighted by atomic mass is 9.74. The minimum absolute atomic E-state index is 0.412. The summed E-state index contributed by atoms with van der Waals surface area (Å²) in [7, 11) is 3.93. The van der Waals surface area contributed by atoms with Crippen LogP contribution in [-0.4, -0.2) is 42.3 Å². The molecule has 1 aromatic carbocycles. The standard InChI is InChI=1S/C17H21N5O/c1-21(2)12-15-19-20-16(23-15)22-10-8-17(13-18,9-11-22)14-6-4-3-5-7-14/h3-7H,8-12H2,1-2H3. The third-order valence-corrected chi connectivity index (χ3v) is 4.34. The van der Waals surface area contributed by atoms with Gasteiger partial charge in [0.1, 0.15) is 0 Å². The van der Waals surface area contributed by atoms with E-state index < -0.39 is 5.41 Å². The molecular weight excluding hydrogens is 290 g/mol. The molecule has 1 aliphatic rings. The van der Waals surface area contributed by atoms with Crippen LogP contribution >= 0.6 is 0 Å². The van der Waals surface area contributed by atoms with Crippen molar-refractivity contribution in [2.45, 2.75) is 24.8 Å². The molecule has 1 aliphatic heterocycles. The lowest BCUT2D eigenvalue weighted by Crippen LogP contribution is -2.42. The van der Waals surface area contributed by atoms with Crippen LogP contribution in [0.15, 0.2) is 34.7 Å². The van der Waals surface area contributed by atoms with Gasteiger partial charge in [-0.3, -0.25) is 0 Å². The second kappa shape index (κ2) is 6.39. The number of piperidine rings is 1. The Morgan fingerprint density at radius 1 is 1.22 bits per heavy atom. The zero-order chi connectivity index (χ0) is 16.3. The summed E-state index contributed by atoms with van der Waals surface area (Å²) in [6.45, 7) is 2.12. The molecule has 0 radical (unpaired) electrons. The summed E-state index contributed by atoms with van der Waals surface area (Å²) in [5, 5.41) is 17.9. The predicted octanol–water partition coefficient (Wildman–Crippen LogP) is 2.19. The molecule has 2 aromatic rings. The second-order valence-electron chi connectivity index (χ2n) is 6.26. The Kier molecular flexibility index (Phi) is 4.30. The molecule has 23 heavy (non-hydrogen) atoms. The summed E-state index contributed by atoms with van der Waals surface area (Å²) < 4.78 is 5.72. The number of anilines is 1. The highest BCUT2D eigenvalue weighted by molar-refractivity contribution is 5.37. The quantitative estimate of drug-likeness (QED) is 0.862. The van der Waals surface area contributed by atoms with Crippen molar-refractivity contribution in [3.05, 3.63) is 41.8 Å². The van der Waals surface area contributed by atoms with Crippen molar-refractivity contribution in [3.63, 3.8) is 0 Å². The van der Waals surface area contributed by atoms with Gasteiger partial charge >= 0.3 is 6.01 Å². The SMILES string of the molecule is CN(C)Cc1nnc(N2CCC(C#N)(c3ccccc3)CC2)o1. The Balaban J connectivity index is 1.70. The number of hydrogen-bond donors (Lipinski definition) is 0. The van der Waals surface area contributed by atoms with E-state index in [1.165, 1.54) is 0 Å². The van der Waals surface area contributed by atoms with E-state index in [9.17, 15) is 5.26 Å². The van der Waals surface area contributed by atoms with Crippen LogP contribution in [-0.2, 0) is 12.0 Å². The van der Waals surface area contributed by atoms with Gasteiger partial charge in [0.25, 0.3) is 0 Å². The molecule has 0 saturated carbocycles. The first kappa shape index (κ1) is 15.5. The summed E-state index contributed by atoms with van der Waals surface area (Å²) in [5.74, 6) is 0.616. The van der Waals surface area contributed by atoms with E-state index >= 15 is 0 Å². The lowest BCUT2D eigenvalue weighted by Gasteiger charge is -2.36. The van der Waals surface area contributed by atoms with Crippen molar-refractivity contribution in [1.82, 2.24) is 15.1 Å². The molecule has 0 spiro atoms. The molecule has 1 fully saturated rings. The summed E-state index contributed by atoms with van der Waals surface area (Å²) in [6, 6.07) is 13.1. The van der Waals surface area contributed by atoms with E-state index in [0.29, 0.717) is 18.5 Å². The van der Waals surface area contributed by atoms with Crippen molar-refractivity contribution in [1.29, 1.82) is 5.26 Å². The molecular formula is C17H21N5O. The summed E-state index contributed by atoms with van der Waals surface area (Å²) in [6.07, 6.45) is 1.53. The number of rotatable bonds is 4. The lowest BCUT2D eigenvalue weighted by molar-refractivity contribution is 0.335. The van der Waals surface area contributed by atoms with Crippen LogP contribution in [0.1, 0.15) is 24.3 Å². The third kappa shape index (κ3) is 3.20. The largest absolute Gasteiger partial charge is 0.407 e. The van der Waals surface area contributed by atoms with Crippen LogP contribution in [0, 0.1) is 11.3 Å². The fourth-order valence-corrected chi connectivity index (χ4v) is 3.01. The van der Waals surface area contributed by atoms with E-state index in [1.807, 2.05) is 49.3 Å². The molecule has 1 saturated heterocycles. The summed E-state index contributed by atoms with van der Waals surface area (Å²) >= 11 is 0. The monoisotopic (exact) mass is 311 g/mol. The highest BCUT2D eigenvalue weighted by Crippen LogP contribution is 2.36. The molecule has 6 heteroatoms. The van der Waals surface area contributed by atoms with Crippen LogP contribution in [0.5, 0.6) is 0 Å². The molecule has 2 heterocycles. The van der Waals surface area contributed by atoms with Crippen molar-refractivity contribution in [2.24, 2.45) is 0 Å². The van der Waals surface area contributed by atoms with Gasteiger partial charge in [0.2, 0.25) is 5.89 Å². The average molecular weight is 311 g/mol. The molecule has 0 atom stereocenters. The van der Waals surface area contributed by atoms with Crippen molar-refractivity contribution < 1.29 is 4.42 Å². The maximum absolute atomic E-state index is 9.73. The fourth-order valence-electron chi connectivity index (χ4n) is 3.01.